The van der Waals surface area contributed by atoms with E-state index in [1.165, 1.54) is 126 Å². The van der Waals surface area contributed by atoms with Crippen molar-refractivity contribution in [1.29, 1.82) is 0 Å². The number of rotatable bonds is 5. The molecule has 2 heteroatoms. The summed E-state index contributed by atoms with van der Waals surface area (Å²) in [6.45, 7) is 2.63. The van der Waals surface area contributed by atoms with Crippen molar-refractivity contribution in [2.45, 2.75) is 49.9 Å². The Balaban J connectivity index is 0.894. The first kappa shape index (κ1) is 40.8. The van der Waals surface area contributed by atoms with Crippen molar-refractivity contribution in [2.75, 3.05) is 4.90 Å². The van der Waals surface area contributed by atoms with Gasteiger partial charge in [0.1, 0.15) is 0 Å². The third kappa shape index (κ3) is 5.35. The van der Waals surface area contributed by atoms with Crippen molar-refractivity contribution in [1.82, 2.24) is 4.57 Å². The second kappa shape index (κ2) is 14.8. The molecule has 11 aromatic rings. The maximum absolute atomic E-state index is 2.71. The Kier molecular flexibility index (Phi) is 8.38. The van der Waals surface area contributed by atoms with E-state index in [-0.39, 0.29) is 5.41 Å². The molecule has 4 fully saturated rings. The molecular weight excluding hydrogens is 869 g/mol. The summed E-state index contributed by atoms with van der Waals surface area (Å²) in [5.74, 6) is 1.98. The summed E-state index contributed by atoms with van der Waals surface area (Å²) in [5, 5.41) is 5.06. The summed E-state index contributed by atoms with van der Waals surface area (Å²) in [6.07, 6.45) is 6.63. The predicted octanol–water partition coefficient (Wildman–Crippen LogP) is 17.9. The Morgan fingerprint density at radius 3 is 1.58 bits per heavy atom. The number of nitrogens with zero attached hydrogens (tertiary/aromatic N) is 2. The first-order chi connectivity index (χ1) is 35.5. The van der Waals surface area contributed by atoms with Gasteiger partial charge in [-0.05, 0) is 171 Å². The zero-order valence-corrected chi connectivity index (χ0v) is 40.6. The average molecular weight is 923 g/mol. The number of aromatic nitrogens is 1. The summed E-state index contributed by atoms with van der Waals surface area (Å²) in [4.78, 5) is 2.58. The molecule has 2 spiro atoms. The van der Waals surface area contributed by atoms with Crippen molar-refractivity contribution in [3.8, 4) is 27.9 Å². The Morgan fingerprint density at radius 1 is 0.417 bits per heavy atom. The van der Waals surface area contributed by atoms with Crippen LogP contribution in [0.1, 0.15) is 72.4 Å². The Bertz CT molecular complexity index is 3900. The number of hydrogen-bond acceptors (Lipinski definition) is 1. The van der Waals surface area contributed by atoms with E-state index in [9.17, 15) is 0 Å². The van der Waals surface area contributed by atoms with Gasteiger partial charge in [-0.15, -0.1) is 0 Å². The smallest absolute Gasteiger partial charge is 0.0719 e. The molecule has 1 aromatic heterocycles. The molecule has 2 nitrogen and oxygen atoms in total. The molecule has 4 bridgehead atoms. The van der Waals surface area contributed by atoms with E-state index >= 15 is 0 Å². The van der Waals surface area contributed by atoms with Crippen molar-refractivity contribution < 1.29 is 0 Å². The number of hydrogen-bond donors (Lipinski definition) is 0. The number of anilines is 3. The average Bonchev–Trinajstić information content (AvgIpc) is 3.92. The van der Waals surface area contributed by atoms with Crippen LogP contribution in [0.2, 0.25) is 0 Å². The lowest BCUT2D eigenvalue weighted by Crippen LogP contribution is -2.61. The Hall–Kier alpha value is -7.94. The van der Waals surface area contributed by atoms with Crippen molar-refractivity contribution in [3.05, 3.63) is 264 Å². The fraction of sp³-hybridized carbons (Fsp3) is 0.171. The van der Waals surface area contributed by atoms with E-state index in [4.69, 9.17) is 0 Å². The van der Waals surface area contributed by atoms with E-state index in [0.29, 0.717) is 17.3 Å². The molecule has 5 atom stereocenters. The van der Waals surface area contributed by atoms with Gasteiger partial charge in [-0.2, -0.15) is 0 Å². The lowest BCUT2D eigenvalue weighted by Gasteiger charge is -2.67. The lowest BCUT2D eigenvalue weighted by molar-refractivity contribution is -0.0919. The second-order valence-corrected chi connectivity index (χ2v) is 22.4. The molecule has 72 heavy (non-hydrogen) atoms. The highest BCUT2D eigenvalue weighted by Gasteiger charge is 2.66. The highest BCUT2D eigenvalue weighted by atomic mass is 15.1. The zero-order valence-electron chi connectivity index (χ0n) is 40.6. The highest BCUT2D eigenvalue weighted by Crippen LogP contribution is 2.74. The van der Waals surface area contributed by atoms with Gasteiger partial charge in [0.2, 0.25) is 0 Å². The van der Waals surface area contributed by atoms with Crippen LogP contribution in [0.25, 0.3) is 60.5 Å². The minimum absolute atomic E-state index is 0.0875. The fourth-order valence-corrected chi connectivity index (χ4v) is 16.5. The van der Waals surface area contributed by atoms with Crippen LogP contribution in [0.3, 0.4) is 0 Å². The number of fused-ring (bicyclic) bond motifs is 13. The summed E-state index contributed by atoms with van der Waals surface area (Å²) in [5.41, 5.74) is 21.2. The molecule has 6 aliphatic rings. The highest BCUT2D eigenvalue weighted by molar-refractivity contribution is 6.09. The topological polar surface area (TPSA) is 8.17 Å². The molecule has 344 valence electrons. The standard InChI is InChI=1S/C70H54N2/c1-68-42-45-39-49(43-68)69(50(40-45)44-68)61-24-10-11-25-62(61)70(59-22-8-4-18-55(59)56-19-5-9-23-60(56)70)63-38-37-53(41-64(63)69)71(65-28-14-16-48-15-2-3-17-54(48)65)51-33-29-46(30-34-51)47-31-35-52(36-32-47)72-66-26-12-6-20-57(66)58-21-7-13-27-67(58)72/h2-38,41,45,49-50H,39-40,42-44H2,1H3/t45?,49-,50+,68?,69?. The third-order valence-corrected chi connectivity index (χ3v) is 18.8. The first-order valence-corrected chi connectivity index (χ1v) is 26.4. The van der Waals surface area contributed by atoms with E-state index in [1.54, 1.807) is 11.1 Å². The fourth-order valence-electron chi connectivity index (χ4n) is 16.5. The molecule has 0 radical (unpaired) electrons. The van der Waals surface area contributed by atoms with Gasteiger partial charge < -0.3 is 9.47 Å². The molecular formula is C70H54N2. The largest absolute Gasteiger partial charge is 0.310 e. The van der Waals surface area contributed by atoms with E-state index in [1.807, 2.05) is 0 Å². The maximum Gasteiger partial charge on any atom is 0.0719 e. The van der Waals surface area contributed by atoms with Gasteiger partial charge in [-0.25, -0.2) is 0 Å². The van der Waals surface area contributed by atoms with Crippen molar-refractivity contribution >= 4 is 49.6 Å². The van der Waals surface area contributed by atoms with Crippen LogP contribution in [0.15, 0.2) is 231 Å². The Morgan fingerprint density at radius 2 is 0.931 bits per heavy atom. The van der Waals surface area contributed by atoms with Crippen molar-refractivity contribution in [2.24, 2.45) is 23.2 Å². The van der Waals surface area contributed by atoms with Crippen LogP contribution in [0, 0.1) is 23.2 Å². The molecule has 17 rings (SSSR count). The van der Waals surface area contributed by atoms with Crippen molar-refractivity contribution in [3.63, 3.8) is 0 Å². The van der Waals surface area contributed by atoms with Gasteiger partial charge in [0.25, 0.3) is 0 Å². The molecule has 4 saturated carbocycles. The van der Waals surface area contributed by atoms with E-state index in [2.05, 4.69) is 247 Å². The summed E-state index contributed by atoms with van der Waals surface area (Å²) >= 11 is 0. The van der Waals surface area contributed by atoms with Gasteiger partial charge in [-0.1, -0.05) is 183 Å². The number of benzene rings is 10. The summed E-state index contributed by atoms with van der Waals surface area (Å²) < 4.78 is 2.40. The van der Waals surface area contributed by atoms with Gasteiger partial charge in [0, 0.05) is 38.6 Å². The van der Waals surface area contributed by atoms with Crippen LogP contribution in [-0.2, 0) is 10.8 Å². The van der Waals surface area contributed by atoms with E-state index in [0.717, 1.165) is 11.6 Å². The van der Waals surface area contributed by atoms with Crippen LogP contribution in [-0.4, -0.2) is 4.57 Å². The SMILES string of the molecule is CC12CC3C[C@H](C1)C1(c4ccccc4C4(c5ccccc5-c5ccccc54)c4ccc(N(c5ccc(-c6ccc(-n7c8ccccc8c8ccccc87)cc6)cc5)c5cccc6ccccc56)cc41)[C@@H](C3)C2. The quantitative estimate of drug-likeness (QED) is 0.167. The number of para-hydroxylation sites is 2. The molecule has 3 unspecified atom stereocenters. The van der Waals surface area contributed by atoms with Crippen LogP contribution >= 0.6 is 0 Å². The molecule has 0 saturated heterocycles. The minimum Gasteiger partial charge on any atom is -0.310 e. The molecule has 1 heterocycles. The second-order valence-electron chi connectivity index (χ2n) is 22.4. The molecule has 0 aliphatic heterocycles. The van der Waals surface area contributed by atoms with E-state index < -0.39 is 5.41 Å². The molecule has 10 aromatic carbocycles. The summed E-state index contributed by atoms with van der Waals surface area (Å²) in [7, 11) is 0. The maximum atomic E-state index is 2.71. The van der Waals surface area contributed by atoms with Gasteiger partial charge in [-0.3, -0.25) is 0 Å². The molecule has 0 amide bonds. The van der Waals surface area contributed by atoms with Gasteiger partial charge in [0.15, 0.2) is 0 Å². The minimum atomic E-state index is -0.426. The monoisotopic (exact) mass is 922 g/mol. The van der Waals surface area contributed by atoms with Gasteiger partial charge >= 0.3 is 0 Å². The zero-order chi connectivity index (χ0) is 47.3. The van der Waals surface area contributed by atoms with Crippen LogP contribution in [0.4, 0.5) is 17.1 Å². The third-order valence-electron chi connectivity index (χ3n) is 18.8. The first-order valence-electron chi connectivity index (χ1n) is 26.4. The molecule has 0 N–H and O–H groups in total. The Labute approximate surface area is 421 Å². The van der Waals surface area contributed by atoms with Crippen LogP contribution < -0.4 is 4.90 Å². The lowest BCUT2D eigenvalue weighted by atomic mass is 9.36. The van der Waals surface area contributed by atoms with Gasteiger partial charge in [0.05, 0.1) is 22.1 Å². The van der Waals surface area contributed by atoms with Crippen LogP contribution in [0.5, 0.6) is 0 Å². The summed E-state index contributed by atoms with van der Waals surface area (Å²) in [6, 6.07) is 88.1. The molecule has 6 aliphatic carbocycles. The predicted molar refractivity (Wildman–Crippen MR) is 298 cm³/mol. The normalized spacial score (nSPS) is 22.6.